The predicted molar refractivity (Wildman–Crippen MR) is 143 cm³/mol. The Labute approximate surface area is 209 Å². The number of nitrogens with zero attached hydrogens (tertiary/aromatic N) is 3. The molecule has 2 aliphatic rings. The Morgan fingerprint density at radius 1 is 1.00 bits per heavy atom. The summed E-state index contributed by atoms with van der Waals surface area (Å²) in [6, 6.07) is 20.0. The molecule has 180 valence electrons. The van der Waals surface area contributed by atoms with E-state index in [-0.39, 0.29) is 5.91 Å². The van der Waals surface area contributed by atoms with E-state index in [1.807, 2.05) is 49.4 Å². The lowest BCUT2D eigenvalue weighted by molar-refractivity contribution is -0.116. The number of rotatable bonds is 8. The summed E-state index contributed by atoms with van der Waals surface area (Å²) in [5.41, 5.74) is 1.44. The molecule has 0 fully saturated rings. The molecule has 5 rings (SSSR count). The van der Waals surface area contributed by atoms with Crippen molar-refractivity contribution < 1.29 is 9.53 Å². The number of benzene rings is 3. The van der Waals surface area contributed by atoms with Crippen LogP contribution >= 0.6 is 11.8 Å². The molecule has 35 heavy (non-hydrogen) atoms. The Morgan fingerprint density at radius 2 is 1.83 bits per heavy atom. The maximum Gasteiger partial charge on any atom is 0.276 e. The third-order valence-electron chi connectivity index (χ3n) is 6.24. The van der Waals surface area contributed by atoms with E-state index >= 15 is 0 Å². The molecule has 0 aliphatic carbocycles. The van der Waals surface area contributed by atoms with E-state index in [2.05, 4.69) is 30.4 Å². The van der Waals surface area contributed by atoms with Crippen molar-refractivity contribution in [3.05, 3.63) is 76.8 Å². The van der Waals surface area contributed by atoms with Crippen LogP contribution in [0.5, 0.6) is 5.75 Å². The van der Waals surface area contributed by atoms with Gasteiger partial charge >= 0.3 is 0 Å². The minimum atomic E-state index is -0.519. The molecule has 0 spiro atoms. The summed E-state index contributed by atoms with van der Waals surface area (Å²) < 4.78 is 6.07. The Morgan fingerprint density at radius 3 is 2.69 bits per heavy atom. The normalized spacial score (nSPS) is 16.8. The molecule has 6 nitrogen and oxygen atoms in total. The number of para-hydroxylation sites is 1. The van der Waals surface area contributed by atoms with E-state index in [1.165, 1.54) is 19.3 Å². The minimum absolute atomic E-state index is 0.151. The summed E-state index contributed by atoms with van der Waals surface area (Å²) in [5.74, 6) is 1.52. The Hall–Kier alpha value is -3.32. The molecule has 3 aromatic carbocycles. The Bertz CT molecular complexity index is 1400. The minimum Gasteiger partial charge on any atom is -0.493 e. The topological polar surface area (TPSA) is 66.3 Å². The third-order valence-corrected chi connectivity index (χ3v) is 7.19. The maximum absolute atomic E-state index is 13.4. The molecule has 2 heterocycles. The molecule has 0 aromatic heterocycles. The van der Waals surface area contributed by atoms with Crippen molar-refractivity contribution in [2.75, 3.05) is 12.4 Å². The first-order chi connectivity index (χ1) is 17.2. The van der Waals surface area contributed by atoms with Gasteiger partial charge in [-0.25, -0.2) is 5.01 Å². The second-order valence-electron chi connectivity index (χ2n) is 8.61. The van der Waals surface area contributed by atoms with Crippen molar-refractivity contribution in [1.82, 2.24) is 10.3 Å². The fourth-order valence-electron chi connectivity index (χ4n) is 4.60. The zero-order valence-corrected chi connectivity index (χ0v) is 21.0. The quantitative estimate of drug-likeness (QED) is 0.469. The van der Waals surface area contributed by atoms with Crippen LogP contribution in [-0.2, 0) is 4.79 Å². The number of unbranched alkanes of at least 4 members (excludes halogenated alkanes) is 3. The lowest BCUT2D eigenvalue weighted by atomic mass is 9.99. The second kappa shape index (κ2) is 10.5. The molecular weight excluding hydrogens is 456 g/mol. The first-order valence-corrected chi connectivity index (χ1v) is 13.3. The fourth-order valence-corrected chi connectivity index (χ4v) is 5.45. The average molecular weight is 487 g/mol. The van der Waals surface area contributed by atoms with Crippen molar-refractivity contribution in [3.63, 3.8) is 0 Å². The van der Waals surface area contributed by atoms with Gasteiger partial charge in [0.2, 0.25) is 0 Å². The van der Waals surface area contributed by atoms with Gasteiger partial charge in [-0.15, -0.1) is 5.10 Å². The number of fused-ring (bicyclic) bond motifs is 3. The van der Waals surface area contributed by atoms with E-state index in [4.69, 9.17) is 14.8 Å². The lowest BCUT2D eigenvalue weighted by Gasteiger charge is -2.35. The van der Waals surface area contributed by atoms with Crippen LogP contribution in [0.15, 0.2) is 70.8 Å². The molecule has 0 saturated carbocycles. The van der Waals surface area contributed by atoms with Crippen LogP contribution in [0.3, 0.4) is 0 Å². The van der Waals surface area contributed by atoms with Crippen molar-refractivity contribution in [2.45, 2.75) is 45.7 Å². The number of amidine groups is 1. The highest BCUT2D eigenvalue weighted by Crippen LogP contribution is 2.40. The molecule has 0 unspecified atom stereocenters. The lowest BCUT2D eigenvalue weighted by Crippen LogP contribution is -2.50. The number of hydrogen-bond acceptors (Lipinski definition) is 6. The Kier molecular flexibility index (Phi) is 7.04. The van der Waals surface area contributed by atoms with Crippen LogP contribution < -0.4 is 20.6 Å². The number of hydrogen-bond donors (Lipinski definition) is 1. The van der Waals surface area contributed by atoms with Crippen molar-refractivity contribution in [1.29, 1.82) is 0 Å². The molecule has 1 amide bonds. The highest BCUT2D eigenvalue weighted by molar-refractivity contribution is 8.13. The fraction of sp³-hybridized carbons (Fsp3) is 0.321. The van der Waals surface area contributed by atoms with Gasteiger partial charge in [-0.2, -0.15) is 0 Å². The number of hydrazone groups is 1. The zero-order chi connectivity index (χ0) is 24.2. The monoisotopic (exact) mass is 486 g/mol. The number of thioether (sulfide) groups is 1. The summed E-state index contributed by atoms with van der Waals surface area (Å²) in [4.78, 5) is 18.5. The van der Waals surface area contributed by atoms with Gasteiger partial charge < -0.3 is 4.74 Å². The summed E-state index contributed by atoms with van der Waals surface area (Å²) in [6.07, 6.45) is 4.19. The molecule has 2 aliphatic heterocycles. The number of carbonyl (C=O) groups excluding carboxylic acids is 1. The SMILES string of the molecule is CCCCCCSC1=NN2C(=c3ccccc3=N[C@@H]2c2c(OCC)ccc3ccccc23)C(=O)N1. The molecular formula is C28H30N4O2S. The standard InChI is InChI=1S/C28H30N4O2S/c1-3-5-6-11-18-35-28-30-27(33)25-21-14-9-10-15-22(21)29-26(32(25)31-28)24-20-13-8-7-12-19(20)16-17-23(24)34-4-2/h7-10,12-17,26H,3-6,11,18H2,1-2H3,(H,30,31,33)/t26-/m0/s1. The van der Waals surface area contributed by atoms with Gasteiger partial charge in [-0.3, -0.25) is 15.1 Å². The summed E-state index contributed by atoms with van der Waals surface area (Å²) in [6.45, 7) is 4.72. The van der Waals surface area contributed by atoms with Crippen molar-refractivity contribution in [2.24, 2.45) is 10.1 Å². The zero-order valence-electron chi connectivity index (χ0n) is 20.2. The van der Waals surface area contributed by atoms with E-state index < -0.39 is 6.17 Å². The summed E-state index contributed by atoms with van der Waals surface area (Å²) >= 11 is 1.59. The largest absolute Gasteiger partial charge is 0.493 e. The number of amides is 1. The van der Waals surface area contributed by atoms with Crippen LogP contribution in [0.1, 0.15) is 51.3 Å². The van der Waals surface area contributed by atoms with Gasteiger partial charge in [-0.05, 0) is 36.2 Å². The number of nitrogens with one attached hydrogen (secondary N) is 1. The molecule has 1 N–H and O–H groups in total. The molecule has 0 bridgehead atoms. The molecule has 1 atom stereocenters. The highest BCUT2D eigenvalue weighted by atomic mass is 32.2. The number of carbonyl (C=O) groups is 1. The third kappa shape index (κ3) is 4.65. The van der Waals surface area contributed by atoms with Gasteiger partial charge in [-0.1, -0.05) is 86.5 Å². The van der Waals surface area contributed by atoms with Crippen molar-refractivity contribution in [3.8, 4) is 5.75 Å². The second-order valence-corrected chi connectivity index (χ2v) is 9.70. The highest BCUT2D eigenvalue weighted by Gasteiger charge is 2.36. The van der Waals surface area contributed by atoms with Gasteiger partial charge in [0.25, 0.3) is 5.91 Å². The van der Waals surface area contributed by atoms with E-state index in [0.717, 1.165) is 44.8 Å². The molecule has 3 aromatic rings. The maximum atomic E-state index is 13.4. The van der Waals surface area contributed by atoms with E-state index in [9.17, 15) is 4.79 Å². The summed E-state index contributed by atoms with van der Waals surface area (Å²) in [7, 11) is 0. The van der Waals surface area contributed by atoms with E-state index in [1.54, 1.807) is 16.8 Å². The molecule has 0 saturated heterocycles. The van der Waals surface area contributed by atoms with E-state index in [0.29, 0.717) is 17.5 Å². The van der Waals surface area contributed by atoms with Gasteiger partial charge in [0.15, 0.2) is 11.3 Å². The van der Waals surface area contributed by atoms with Crippen LogP contribution in [0.2, 0.25) is 0 Å². The number of ether oxygens (including phenoxy) is 1. The summed E-state index contributed by atoms with van der Waals surface area (Å²) in [5, 5.41) is 14.1. The van der Waals surface area contributed by atoms with Crippen LogP contribution in [0.25, 0.3) is 16.5 Å². The first-order valence-electron chi connectivity index (χ1n) is 12.3. The van der Waals surface area contributed by atoms with Gasteiger partial charge in [0, 0.05) is 16.5 Å². The van der Waals surface area contributed by atoms with Crippen LogP contribution in [0.4, 0.5) is 0 Å². The smallest absolute Gasteiger partial charge is 0.276 e. The predicted octanol–water partition coefficient (Wildman–Crippen LogP) is 4.70. The van der Waals surface area contributed by atoms with Gasteiger partial charge in [0.1, 0.15) is 11.4 Å². The average Bonchev–Trinajstić information content (AvgIpc) is 2.88. The van der Waals surface area contributed by atoms with Gasteiger partial charge in [0.05, 0.1) is 12.0 Å². The molecule has 0 radical (unpaired) electrons. The van der Waals surface area contributed by atoms with Crippen LogP contribution in [-0.4, -0.2) is 28.4 Å². The first kappa shape index (κ1) is 23.4. The van der Waals surface area contributed by atoms with Crippen LogP contribution in [0, 0.1) is 0 Å². The Balaban J connectivity index is 1.64. The molecule has 7 heteroatoms. The van der Waals surface area contributed by atoms with Crippen molar-refractivity contribution >= 4 is 39.3 Å².